The Morgan fingerprint density at radius 1 is 1.30 bits per heavy atom. The molecule has 2 heterocycles. The van der Waals surface area contributed by atoms with Gasteiger partial charge in [-0.2, -0.15) is 0 Å². The molecule has 8 heteroatoms. The number of aliphatic hydroxyl groups is 1. The molecular weight excluding hydrogens is 429 g/mol. The standard InChI is InChI=1S/C22H22ClNO5.ClH/c1-24-8-7-13(15(24)11-25)20-19(28-2)10-17(27)21-16(26)9-18(29-22(20)21)12-5-3-4-6-14(12)23;/h3-6,9-10,13,15,25,27H,7-8,11H2,1-2H3;1H. The van der Waals surface area contributed by atoms with Gasteiger partial charge in [0.2, 0.25) is 0 Å². The fraction of sp³-hybridized carbons (Fsp3) is 0.318. The molecule has 0 bridgehead atoms. The van der Waals surface area contributed by atoms with Gasteiger partial charge in [0.05, 0.1) is 18.7 Å². The molecule has 0 amide bonds. The SMILES string of the molecule is COc1cc(O)c2c(=O)cc(-c3ccccc3Cl)oc2c1C1CCN(C)C1CO.Cl. The lowest BCUT2D eigenvalue weighted by Crippen LogP contribution is -2.32. The van der Waals surface area contributed by atoms with E-state index in [0.29, 0.717) is 27.7 Å². The normalized spacial score (nSPS) is 19.1. The number of likely N-dealkylation sites (tertiary alicyclic amines) is 1. The highest BCUT2D eigenvalue weighted by Crippen LogP contribution is 2.44. The highest BCUT2D eigenvalue weighted by Gasteiger charge is 2.37. The Labute approximate surface area is 185 Å². The summed E-state index contributed by atoms with van der Waals surface area (Å²) in [7, 11) is 3.45. The first kappa shape index (κ1) is 22.4. The van der Waals surface area contributed by atoms with Crippen molar-refractivity contribution in [3.05, 3.63) is 57.2 Å². The molecule has 160 valence electrons. The highest BCUT2D eigenvalue weighted by molar-refractivity contribution is 6.33. The first-order valence-corrected chi connectivity index (χ1v) is 9.77. The van der Waals surface area contributed by atoms with Crippen LogP contribution in [0.2, 0.25) is 5.02 Å². The Morgan fingerprint density at radius 3 is 2.70 bits per heavy atom. The molecule has 1 fully saturated rings. The predicted octanol–water partition coefficient (Wildman–Crippen LogP) is 4.03. The number of phenols is 1. The number of hydrogen-bond acceptors (Lipinski definition) is 6. The van der Waals surface area contributed by atoms with Gasteiger partial charge in [-0.15, -0.1) is 12.4 Å². The van der Waals surface area contributed by atoms with Crippen molar-refractivity contribution in [3.8, 4) is 22.8 Å². The average molecular weight is 452 g/mol. The van der Waals surface area contributed by atoms with Crippen molar-refractivity contribution >= 4 is 35.0 Å². The van der Waals surface area contributed by atoms with Crippen LogP contribution < -0.4 is 10.2 Å². The van der Waals surface area contributed by atoms with Gasteiger partial charge in [0.1, 0.15) is 28.2 Å². The summed E-state index contributed by atoms with van der Waals surface area (Å²) in [4.78, 5) is 15.0. The van der Waals surface area contributed by atoms with Gasteiger partial charge >= 0.3 is 0 Å². The number of methoxy groups -OCH3 is 1. The van der Waals surface area contributed by atoms with Crippen LogP contribution in [0.4, 0.5) is 0 Å². The number of aliphatic hydroxyl groups excluding tert-OH is 1. The van der Waals surface area contributed by atoms with Crippen LogP contribution in [0.1, 0.15) is 17.9 Å². The second kappa shape index (κ2) is 8.86. The minimum absolute atomic E-state index is 0. The second-order valence-corrected chi connectivity index (χ2v) is 7.70. The van der Waals surface area contributed by atoms with Crippen LogP contribution in [0.25, 0.3) is 22.3 Å². The lowest BCUT2D eigenvalue weighted by atomic mass is 9.89. The lowest BCUT2D eigenvalue weighted by Gasteiger charge is -2.25. The number of ether oxygens (including phenoxy) is 1. The van der Waals surface area contributed by atoms with Gasteiger partial charge in [0.15, 0.2) is 5.43 Å². The first-order valence-electron chi connectivity index (χ1n) is 9.40. The molecule has 0 saturated carbocycles. The van der Waals surface area contributed by atoms with Crippen LogP contribution in [-0.4, -0.2) is 48.5 Å². The first-order chi connectivity index (χ1) is 14.0. The van der Waals surface area contributed by atoms with Crippen molar-refractivity contribution in [2.75, 3.05) is 27.3 Å². The molecule has 6 nitrogen and oxygen atoms in total. The fourth-order valence-corrected chi connectivity index (χ4v) is 4.47. The molecule has 2 atom stereocenters. The van der Waals surface area contributed by atoms with Crippen molar-refractivity contribution in [2.24, 2.45) is 0 Å². The molecule has 2 aromatic carbocycles. The van der Waals surface area contributed by atoms with Crippen LogP contribution in [0.5, 0.6) is 11.5 Å². The summed E-state index contributed by atoms with van der Waals surface area (Å²) in [5.74, 6) is 0.418. The third kappa shape index (κ3) is 3.65. The van der Waals surface area contributed by atoms with Gasteiger partial charge in [-0.3, -0.25) is 4.79 Å². The number of nitrogens with zero attached hydrogens (tertiary/aromatic N) is 1. The summed E-state index contributed by atoms with van der Waals surface area (Å²) in [5.41, 5.74) is 1.16. The predicted molar refractivity (Wildman–Crippen MR) is 119 cm³/mol. The van der Waals surface area contributed by atoms with Crippen LogP contribution in [-0.2, 0) is 0 Å². The molecule has 0 aliphatic carbocycles. The number of phenolic OH excluding ortho intramolecular Hbond substituents is 1. The molecule has 30 heavy (non-hydrogen) atoms. The Balaban J connectivity index is 0.00000256. The minimum atomic E-state index is -0.366. The summed E-state index contributed by atoms with van der Waals surface area (Å²) in [5, 5.41) is 21.0. The summed E-state index contributed by atoms with van der Waals surface area (Å²) >= 11 is 6.31. The van der Waals surface area contributed by atoms with Crippen LogP contribution in [0.3, 0.4) is 0 Å². The van der Waals surface area contributed by atoms with Crippen molar-refractivity contribution in [1.82, 2.24) is 4.90 Å². The van der Waals surface area contributed by atoms with Crippen molar-refractivity contribution in [3.63, 3.8) is 0 Å². The molecule has 2 unspecified atom stereocenters. The smallest absolute Gasteiger partial charge is 0.197 e. The summed E-state index contributed by atoms with van der Waals surface area (Å²) in [6.45, 7) is 0.747. The maximum Gasteiger partial charge on any atom is 0.197 e. The van der Waals surface area contributed by atoms with E-state index in [2.05, 4.69) is 4.90 Å². The van der Waals surface area contributed by atoms with E-state index < -0.39 is 0 Å². The summed E-state index contributed by atoms with van der Waals surface area (Å²) in [6, 6.07) is 9.73. The molecule has 1 aromatic heterocycles. The molecule has 3 aromatic rings. The maximum absolute atomic E-state index is 12.9. The number of benzene rings is 2. The molecule has 1 aliphatic heterocycles. The van der Waals surface area contributed by atoms with Gasteiger partial charge < -0.3 is 24.3 Å². The maximum atomic E-state index is 12.9. The fourth-order valence-electron chi connectivity index (χ4n) is 4.24. The number of halogens is 2. The lowest BCUT2D eigenvalue weighted by molar-refractivity contribution is 0.171. The summed E-state index contributed by atoms with van der Waals surface area (Å²) in [6.07, 6.45) is 0.762. The van der Waals surface area contributed by atoms with E-state index in [9.17, 15) is 15.0 Å². The molecule has 0 radical (unpaired) electrons. The number of likely N-dealkylation sites (N-methyl/N-ethyl adjacent to an activating group) is 1. The number of fused-ring (bicyclic) bond motifs is 1. The quantitative estimate of drug-likeness (QED) is 0.622. The van der Waals surface area contributed by atoms with Gasteiger partial charge in [0, 0.05) is 35.2 Å². The molecule has 2 N–H and O–H groups in total. The van der Waals surface area contributed by atoms with Gasteiger partial charge in [0.25, 0.3) is 0 Å². The van der Waals surface area contributed by atoms with Crippen LogP contribution in [0.15, 0.2) is 45.6 Å². The minimum Gasteiger partial charge on any atom is -0.507 e. The molecule has 0 spiro atoms. The van der Waals surface area contributed by atoms with Gasteiger partial charge in [-0.1, -0.05) is 23.7 Å². The Kier molecular flexibility index (Phi) is 6.62. The molecule has 1 aliphatic rings. The number of rotatable bonds is 4. The molecule has 4 rings (SSSR count). The zero-order valence-electron chi connectivity index (χ0n) is 16.6. The highest BCUT2D eigenvalue weighted by atomic mass is 35.5. The van der Waals surface area contributed by atoms with Crippen molar-refractivity contribution in [1.29, 1.82) is 0 Å². The van der Waals surface area contributed by atoms with E-state index in [1.807, 2.05) is 13.1 Å². The largest absolute Gasteiger partial charge is 0.507 e. The Bertz CT molecular complexity index is 1130. The van der Waals surface area contributed by atoms with Crippen molar-refractivity contribution in [2.45, 2.75) is 18.4 Å². The average Bonchev–Trinajstić information content (AvgIpc) is 3.07. The summed E-state index contributed by atoms with van der Waals surface area (Å²) < 4.78 is 11.7. The van der Waals surface area contributed by atoms with Crippen LogP contribution in [0, 0.1) is 0 Å². The zero-order valence-corrected chi connectivity index (χ0v) is 18.2. The number of hydrogen-bond donors (Lipinski definition) is 2. The van der Waals surface area contributed by atoms with E-state index in [1.165, 1.54) is 19.2 Å². The van der Waals surface area contributed by atoms with Crippen molar-refractivity contribution < 1.29 is 19.4 Å². The van der Waals surface area contributed by atoms with Gasteiger partial charge in [-0.05, 0) is 32.1 Å². The monoisotopic (exact) mass is 451 g/mol. The molecule has 1 saturated heterocycles. The van der Waals surface area contributed by atoms with E-state index in [0.717, 1.165) is 13.0 Å². The number of aromatic hydroxyl groups is 1. The third-order valence-corrected chi connectivity index (χ3v) is 6.05. The van der Waals surface area contributed by atoms with E-state index in [1.54, 1.807) is 18.2 Å². The Hall–Kier alpha value is -2.25. The molecular formula is C22H23Cl2NO5. The van der Waals surface area contributed by atoms with E-state index in [4.69, 9.17) is 20.8 Å². The third-order valence-electron chi connectivity index (χ3n) is 5.72. The second-order valence-electron chi connectivity index (χ2n) is 7.30. The van der Waals surface area contributed by atoms with E-state index in [-0.39, 0.29) is 53.1 Å². The zero-order chi connectivity index (χ0) is 20.7. The van der Waals surface area contributed by atoms with E-state index >= 15 is 0 Å². The Morgan fingerprint density at radius 2 is 2.03 bits per heavy atom. The van der Waals surface area contributed by atoms with Gasteiger partial charge in [-0.25, -0.2) is 0 Å². The van der Waals surface area contributed by atoms with Crippen LogP contribution >= 0.6 is 24.0 Å². The topological polar surface area (TPSA) is 83.1 Å².